The Bertz CT molecular complexity index is 706. The van der Waals surface area contributed by atoms with Gasteiger partial charge in [-0.15, -0.1) is 0 Å². The van der Waals surface area contributed by atoms with E-state index < -0.39 is 10.0 Å². The van der Waals surface area contributed by atoms with Crippen molar-refractivity contribution in [1.29, 1.82) is 0 Å². The molecule has 0 spiro atoms. The summed E-state index contributed by atoms with van der Waals surface area (Å²) in [6.45, 7) is 3.88. The second kappa shape index (κ2) is 5.54. The fourth-order valence-corrected chi connectivity index (χ4v) is 2.30. The van der Waals surface area contributed by atoms with Crippen molar-refractivity contribution in [3.8, 4) is 11.5 Å². The van der Waals surface area contributed by atoms with Gasteiger partial charge in [-0.3, -0.25) is 4.72 Å². The summed E-state index contributed by atoms with van der Waals surface area (Å²) in [6, 6.07) is 12.9. The van der Waals surface area contributed by atoms with E-state index in [4.69, 9.17) is 4.74 Å². The van der Waals surface area contributed by atoms with Crippen molar-refractivity contribution >= 4 is 15.7 Å². The van der Waals surface area contributed by atoms with Crippen LogP contribution in [-0.2, 0) is 10.0 Å². The van der Waals surface area contributed by atoms with E-state index in [0.29, 0.717) is 17.2 Å². The van der Waals surface area contributed by atoms with Crippen molar-refractivity contribution in [2.45, 2.75) is 13.8 Å². The van der Waals surface area contributed by atoms with E-state index in [1.165, 1.54) is 0 Å². The lowest BCUT2D eigenvalue weighted by Crippen LogP contribution is -2.10. The average molecular weight is 291 g/mol. The van der Waals surface area contributed by atoms with Gasteiger partial charge in [-0.05, 0) is 43.7 Å². The average Bonchev–Trinajstić information content (AvgIpc) is 2.33. The van der Waals surface area contributed by atoms with E-state index in [2.05, 4.69) is 4.72 Å². The van der Waals surface area contributed by atoms with Gasteiger partial charge in [0.25, 0.3) is 0 Å². The van der Waals surface area contributed by atoms with Gasteiger partial charge in [-0.25, -0.2) is 8.42 Å². The molecule has 0 aliphatic rings. The summed E-state index contributed by atoms with van der Waals surface area (Å²) in [4.78, 5) is 0. The number of hydrogen-bond acceptors (Lipinski definition) is 3. The first-order valence-corrected chi connectivity index (χ1v) is 8.05. The number of anilines is 1. The van der Waals surface area contributed by atoms with Gasteiger partial charge in [0.15, 0.2) is 5.75 Å². The Kier molecular flexibility index (Phi) is 3.99. The zero-order chi connectivity index (χ0) is 14.8. The van der Waals surface area contributed by atoms with Crippen LogP contribution in [-0.4, -0.2) is 14.7 Å². The summed E-state index contributed by atoms with van der Waals surface area (Å²) in [5.74, 6) is 1.14. The fraction of sp³-hybridized carbons (Fsp3) is 0.200. The summed E-state index contributed by atoms with van der Waals surface area (Å²) >= 11 is 0. The maximum Gasteiger partial charge on any atom is 0.229 e. The third-order valence-electron chi connectivity index (χ3n) is 2.68. The second-order valence-electron chi connectivity index (χ2n) is 4.79. The fourth-order valence-electron chi connectivity index (χ4n) is 1.75. The third-order valence-corrected chi connectivity index (χ3v) is 3.27. The predicted molar refractivity (Wildman–Crippen MR) is 80.9 cm³/mol. The molecule has 0 saturated heterocycles. The smallest absolute Gasteiger partial charge is 0.229 e. The van der Waals surface area contributed by atoms with Crippen LogP contribution < -0.4 is 9.46 Å². The third kappa shape index (κ3) is 3.99. The maximum atomic E-state index is 11.4. The highest BCUT2D eigenvalue weighted by molar-refractivity contribution is 7.92. The monoisotopic (exact) mass is 291 g/mol. The van der Waals surface area contributed by atoms with Gasteiger partial charge in [0, 0.05) is 0 Å². The molecule has 0 fully saturated rings. The number of rotatable bonds is 4. The summed E-state index contributed by atoms with van der Waals surface area (Å²) in [5, 5.41) is 0. The van der Waals surface area contributed by atoms with Gasteiger partial charge in [0.2, 0.25) is 10.0 Å². The molecule has 0 heterocycles. The van der Waals surface area contributed by atoms with Crippen molar-refractivity contribution in [2.75, 3.05) is 11.0 Å². The number of sulfonamides is 1. The molecule has 4 nitrogen and oxygen atoms in total. The Morgan fingerprint density at radius 1 is 0.950 bits per heavy atom. The Morgan fingerprint density at radius 2 is 1.55 bits per heavy atom. The molecule has 0 saturated carbocycles. The van der Waals surface area contributed by atoms with E-state index >= 15 is 0 Å². The second-order valence-corrected chi connectivity index (χ2v) is 6.54. The van der Waals surface area contributed by atoms with Crippen LogP contribution in [0.3, 0.4) is 0 Å². The molecule has 1 N–H and O–H groups in total. The number of benzene rings is 2. The number of nitrogens with one attached hydrogen (secondary N) is 1. The van der Waals surface area contributed by atoms with Crippen molar-refractivity contribution in [3.63, 3.8) is 0 Å². The SMILES string of the molecule is Cc1ccc(Oc2ccc(C)cc2NS(C)(=O)=O)cc1. The first-order chi connectivity index (χ1) is 9.33. The van der Waals surface area contributed by atoms with Gasteiger partial charge in [-0.1, -0.05) is 23.8 Å². The van der Waals surface area contributed by atoms with Gasteiger partial charge >= 0.3 is 0 Å². The maximum absolute atomic E-state index is 11.4. The van der Waals surface area contributed by atoms with Crippen molar-refractivity contribution in [3.05, 3.63) is 53.6 Å². The molecule has 20 heavy (non-hydrogen) atoms. The lowest BCUT2D eigenvalue weighted by Gasteiger charge is -2.13. The highest BCUT2D eigenvalue weighted by Crippen LogP contribution is 2.31. The zero-order valence-electron chi connectivity index (χ0n) is 11.7. The quantitative estimate of drug-likeness (QED) is 0.938. The van der Waals surface area contributed by atoms with E-state index in [-0.39, 0.29) is 0 Å². The van der Waals surface area contributed by atoms with Gasteiger partial charge in [0.05, 0.1) is 11.9 Å². The molecule has 0 aromatic heterocycles. The van der Waals surface area contributed by atoms with Gasteiger partial charge in [-0.2, -0.15) is 0 Å². The topological polar surface area (TPSA) is 55.4 Å². The summed E-state index contributed by atoms with van der Waals surface area (Å²) in [7, 11) is -3.35. The Hall–Kier alpha value is -2.01. The molecule has 0 unspecified atom stereocenters. The van der Waals surface area contributed by atoms with E-state index in [1.54, 1.807) is 12.1 Å². The van der Waals surface area contributed by atoms with Gasteiger partial charge in [0.1, 0.15) is 5.75 Å². The normalized spacial score (nSPS) is 11.2. The van der Waals surface area contributed by atoms with Crippen LogP contribution in [0.5, 0.6) is 11.5 Å². The lowest BCUT2D eigenvalue weighted by molar-refractivity contribution is 0.484. The molecule has 0 bridgehead atoms. The van der Waals surface area contributed by atoms with E-state index in [9.17, 15) is 8.42 Å². The molecule has 2 aromatic carbocycles. The molecule has 2 aromatic rings. The predicted octanol–water partition coefficient (Wildman–Crippen LogP) is 3.47. The van der Waals surface area contributed by atoms with Crippen molar-refractivity contribution in [1.82, 2.24) is 0 Å². The van der Waals surface area contributed by atoms with Crippen LogP contribution >= 0.6 is 0 Å². The lowest BCUT2D eigenvalue weighted by atomic mass is 10.2. The van der Waals surface area contributed by atoms with Crippen LogP contribution in [0, 0.1) is 13.8 Å². The molecular formula is C15H17NO3S. The van der Waals surface area contributed by atoms with Crippen LogP contribution in [0.4, 0.5) is 5.69 Å². The molecule has 0 radical (unpaired) electrons. The summed E-state index contributed by atoms with van der Waals surface area (Å²) in [5.41, 5.74) is 2.52. The summed E-state index contributed by atoms with van der Waals surface area (Å²) < 4.78 is 31.0. The van der Waals surface area contributed by atoms with Crippen molar-refractivity contribution < 1.29 is 13.2 Å². The van der Waals surface area contributed by atoms with E-state index in [1.807, 2.05) is 44.2 Å². The molecule has 0 aliphatic carbocycles. The Labute approximate surface area is 119 Å². The minimum Gasteiger partial charge on any atom is -0.455 e. The van der Waals surface area contributed by atoms with Crippen LogP contribution in [0.15, 0.2) is 42.5 Å². The molecular weight excluding hydrogens is 274 g/mol. The minimum absolute atomic E-state index is 0.438. The Morgan fingerprint density at radius 3 is 2.15 bits per heavy atom. The summed E-state index contributed by atoms with van der Waals surface area (Å²) in [6.07, 6.45) is 1.12. The van der Waals surface area contributed by atoms with E-state index in [0.717, 1.165) is 17.4 Å². The molecule has 0 amide bonds. The molecule has 5 heteroatoms. The number of hydrogen-bond donors (Lipinski definition) is 1. The molecule has 0 aliphatic heterocycles. The van der Waals surface area contributed by atoms with Crippen LogP contribution in [0.1, 0.15) is 11.1 Å². The largest absolute Gasteiger partial charge is 0.455 e. The van der Waals surface area contributed by atoms with Crippen LogP contribution in [0.25, 0.3) is 0 Å². The standard InChI is InChI=1S/C15H17NO3S/c1-11-4-7-13(8-5-11)19-15-9-6-12(2)10-14(15)16-20(3,17)18/h4-10,16H,1-3H3. The van der Waals surface area contributed by atoms with Gasteiger partial charge < -0.3 is 4.74 Å². The minimum atomic E-state index is -3.35. The Balaban J connectivity index is 2.33. The highest BCUT2D eigenvalue weighted by Gasteiger charge is 2.10. The highest BCUT2D eigenvalue weighted by atomic mass is 32.2. The molecule has 106 valence electrons. The molecule has 0 atom stereocenters. The number of aryl methyl sites for hydroxylation is 2. The molecule has 2 rings (SSSR count). The first kappa shape index (κ1) is 14.4. The van der Waals surface area contributed by atoms with Crippen LogP contribution in [0.2, 0.25) is 0 Å². The first-order valence-electron chi connectivity index (χ1n) is 6.16. The van der Waals surface area contributed by atoms with Crippen molar-refractivity contribution in [2.24, 2.45) is 0 Å². The zero-order valence-corrected chi connectivity index (χ0v) is 12.5. The number of ether oxygens (including phenoxy) is 1.